The maximum atomic E-state index is 3.23. The Labute approximate surface area is 115 Å². The van der Waals surface area contributed by atoms with Crippen LogP contribution in [0.5, 0.6) is 0 Å². The van der Waals surface area contributed by atoms with Gasteiger partial charge in [0.2, 0.25) is 12.7 Å². The SMILES string of the molecule is C[n+]1[c-]n(CCCCCCCn2[c-][n+](C)cc2)cc1. The first kappa shape index (κ1) is 13.8. The van der Waals surface area contributed by atoms with Crippen LogP contribution in [0.15, 0.2) is 24.8 Å². The second-order valence-corrected chi connectivity index (χ2v) is 5.17. The van der Waals surface area contributed by atoms with Crippen LogP contribution < -0.4 is 9.13 Å². The molecule has 0 radical (unpaired) electrons. The lowest BCUT2D eigenvalue weighted by atomic mass is 10.1. The van der Waals surface area contributed by atoms with Gasteiger partial charge in [0.05, 0.1) is 27.2 Å². The van der Waals surface area contributed by atoms with Crippen molar-refractivity contribution in [2.45, 2.75) is 45.2 Å². The van der Waals surface area contributed by atoms with Gasteiger partial charge in [0, 0.05) is 0 Å². The summed E-state index contributed by atoms with van der Waals surface area (Å²) in [5, 5.41) is 0. The van der Waals surface area contributed by atoms with Crippen LogP contribution in [-0.2, 0) is 27.2 Å². The summed E-state index contributed by atoms with van der Waals surface area (Å²) in [6, 6.07) is 0. The summed E-state index contributed by atoms with van der Waals surface area (Å²) in [4.78, 5) is 0. The van der Waals surface area contributed by atoms with Crippen molar-refractivity contribution in [3.05, 3.63) is 37.4 Å². The summed E-state index contributed by atoms with van der Waals surface area (Å²) in [7, 11) is 4.02. The molecule has 0 saturated heterocycles. The van der Waals surface area contributed by atoms with E-state index >= 15 is 0 Å². The molecule has 4 heteroatoms. The molecule has 0 aromatic carbocycles. The number of hydrogen-bond donors (Lipinski definition) is 0. The third kappa shape index (κ3) is 4.89. The molecule has 0 amide bonds. The summed E-state index contributed by atoms with van der Waals surface area (Å²) in [5.41, 5.74) is 0. The zero-order valence-electron chi connectivity index (χ0n) is 12.0. The molecule has 0 aliphatic carbocycles. The summed E-state index contributed by atoms with van der Waals surface area (Å²) >= 11 is 0. The molecule has 2 aromatic rings. The predicted octanol–water partition coefficient (Wildman–Crippen LogP) is 1.19. The third-order valence-electron chi connectivity index (χ3n) is 3.31. The van der Waals surface area contributed by atoms with Crippen LogP contribution in [0.25, 0.3) is 0 Å². The van der Waals surface area contributed by atoms with E-state index in [2.05, 4.69) is 34.2 Å². The van der Waals surface area contributed by atoms with Gasteiger partial charge < -0.3 is 18.3 Å². The second kappa shape index (κ2) is 7.12. The van der Waals surface area contributed by atoms with Gasteiger partial charge in [-0.2, -0.15) is 0 Å². The number of rotatable bonds is 8. The monoisotopic (exact) mass is 260 g/mol. The minimum atomic E-state index is 1.09. The standard InChI is InChI=1S/C15H24N4/c1-16-10-12-18(14-16)8-6-4-3-5-7-9-19-13-11-17(2)15-19/h10-13H,3-9H2,1-2H3. The Morgan fingerprint density at radius 1 is 0.737 bits per heavy atom. The summed E-state index contributed by atoms with van der Waals surface area (Å²) in [6.07, 6.45) is 21.1. The highest BCUT2D eigenvalue weighted by Gasteiger charge is 1.96. The quantitative estimate of drug-likeness (QED) is 0.385. The molecule has 2 heterocycles. The van der Waals surface area contributed by atoms with Crippen LogP contribution >= 0.6 is 0 Å². The van der Waals surface area contributed by atoms with Crippen molar-refractivity contribution in [3.8, 4) is 0 Å². The van der Waals surface area contributed by atoms with E-state index in [9.17, 15) is 0 Å². The van der Waals surface area contributed by atoms with Gasteiger partial charge >= 0.3 is 0 Å². The molecule has 2 rings (SSSR count). The van der Waals surface area contributed by atoms with E-state index in [-0.39, 0.29) is 0 Å². The number of imidazole rings is 2. The van der Waals surface area contributed by atoms with Crippen molar-refractivity contribution < 1.29 is 9.13 Å². The predicted molar refractivity (Wildman–Crippen MR) is 72.0 cm³/mol. The Kier molecular flexibility index (Phi) is 5.19. The van der Waals surface area contributed by atoms with Crippen molar-refractivity contribution in [1.29, 1.82) is 0 Å². The normalized spacial score (nSPS) is 11.1. The van der Waals surface area contributed by atoms with Gasteiger partial charge in [-0.05, 0) is 50.5 Å². The number of aromatic nitrogens is 4. The topological polar surface area (TPSA) is 17.6 Å². The Morgan fingerprint density at radius 2 is 1.16 bits per heavy atom. The molecule has 0 bridgehead atoms. The van der Waals surface area contributed by atoms with Gasteiger partial charge in [-0.15, -0.1) is 0 Å². The number of nitrogens with zero attached hydrogens (tertiary/aromatic N) is 4. The number of hydrogen-bond acceptors (Lipinski definition) is 0. The van der Waals surface area contributed by atoms with E-state index in [0.717, 1.165) is 13.1 Å². The fraction of sp³-hybridized carbons (Fsp3) is 0.600. The van der Waals surface area contributed by atoms with Gasteiger partial charge in [0.25, 0.3) is 0 Å². The molecule has 104 valence electrons. The Morgan fingerprint density at radius 3 is 1.53 bits per heavy atom. The number of unbranched alkanes of at least 4 members (excludes halogenated alkanes) is 4. The van der Waals surface area contributed by atoms with E-state index in [1.807, 2.05) is 35.6 Å². The average molecular weight is 260 g/mol. The highest BCUT2D eigenvalue weighted by Crippen LogP contribution is 2.05. The zero-order chi connectivity index (χ0) is 13.5. The van der Waals surface area contributed by atoms with E-state index in [4.69, 9.17) is 0 Å². The molecule has 19 heavy (non-hydrogen) atoms. The van der Waals surface area contributed by atoms with E-state index in [0.29, 0.717) is 0 Å². The van der Waals surface area contributed by atoms with Gasteiger partial charge in [-0.3, -0.25) is 0 Å². The minimum Gasteiger partial charge on any atom is -0.354 e. The molecule has 0 spiro atoms. The Hall–Kier alpha value is -1.58. The molecule has 0 atom stereocenters. The lowest BCUT2D eigenvalue weighted by Gasteiger charge is -2.03. The van der Waals surface area contributed by atoms with Crippen LogP contribution in [0.1, 0.15) is 32.1 Å². The molecular formula is C15H24N4. The van der Waals surface area contributed by atoms with Crippen LogP contribution in [0.2, 0.25) is 0 Å². The van der Waals surface area contributed by atoms with Crippen molar-refractivity contribution in [1.82, 2.24) is 9.13 Å². The molecule has 4 nitrogen and oxygen atoms in total. The largest absolute Gasteiger partial charge is 0.354 e. The van der Waals surface area contributed by atoms with Gasteiger partial charge in [0.1, 0.15) is 0 Å². The van der Waals surface area contributed by atoms with Gasteiger partial charge in [-0.25, -0.2) is 0 Å². The van der Waals surface area contributed by atoms with E-state index in [1.54, 1.807) is 0 Å². The molecule has 0 saturated carbocycles. The Balaban J connectivity index is 1.48. The highest BCUT2D eigenvalue weighted by atomic mass is 15.1. The van der Waals surface area contributed by atoms with Crippen molar-refractivity contribution >= 4 is 0 Å². The fourth-order valence-corrected chi connectivity index (χ4v) is 2.24. The first-order valence-electron chi connectivity index (χ1n) is 7.12. The van der Waals surface area contributed by atoms with Crippen molar-refractivity contribution in [3.63, 3.8) is 0 Å². The van der Waals surface area contributed by atoms with Crippen LogP contribution in [0.4, 0.5) is 0 Å². The van der Waals surface area contributed by atoms with Crippen LogP contribution in [-0.4, -0.2) is 9.13 Å². The molecule has 0 unspecified atom stereocenters. The van der Waals surface area contributed by atoms with E-state index < -0.39 is 0 Å². The smallest absolute Gasteiger partial charge is 0.203 e. The Bertz CT molecular complexity index is 440. The van der Waals surface area contributed by atoms with E-state index in [1.165, 1.54) is 32.1 Å². The molecule has 0 N–H and O–H groups in total. The lowest BCUT2D eigenvalue weighted by molar-refractivity contribution is -0.675. The molecule has 0 aliphatic heterocycles. The first-order valence-corrected chi connectivity index (χ1v) is 7.12. The molecule has 2 aromatic heterocycles. The fourth-order valence-electron chi connectivity index (χ4n) is 2.24. The first-order chi connectivity index (χ1) is 9.24. The number of aryl methyl sites for hydroxylation is 4. The highest BCUT2D eigenvalue weighted by molar-refractivity contribution is 4.65. The summed E-state index contributed by atoms with van der Waals surface area (Å²) in [5.74, 6) is 0. The average Bonchev–Trinajstić information content (AvgIpc) is 2.97. The summed E-state index contributed by atoms with van der Waals surface area (Å²) in [6.45, 7) is 2.17. The summed E-state index contributed by atoms with van der Waals surface area (Å²) < 4.78 is 8.20. The third-order valence-corrected chi connectivity index (χ3v) is 3.31. The van der Waals surface area contributed by atoms with Crippen LogP contribution in [0, 0.1) is 12.7 Å². The van der Waals surface area contributed by atoms with Crippen LogP contribution in [0.3, 0.4) is 0 Å². The molecule has 0 aliphatic rings. The molecular weight excluding hydrogens is 236 g/mol. The zero-order valence-corrected chi connectivity index (χ0v) is 12.0. The minimum absolute atomic E-state index is 1.09. The lowest BCUT2D eigenvalue weighted by Crippen LogP contribution is -2.24. The van der Waals surface area contributed by atoms with Gasteiger partial charge in [-0.1, -0.05) is 6.42 Å². The molecule has 0 fully saturated rings. The maximum Gasteiger partial charge on any atom is 0.203 e. The maximum absolute atomic E-state index is 3.23. The van der Waals surface area contributed by atoms with Crippen molar-refractivity contribution in [2.24, 2.45) is 14.1 Å². The van der Waals surface area contributed by atoms with Crippen molar-refractivity contribution in [2.75, 3.05) is 0 Å². The van der Waals surface area contributed by atoms with Gasteiger partial charge in [0.15, 0.2) is 0 Å². The second-order valence-electron chi connectivity index (χ2n) is 5.17.